The molecule has 0 spiro atoms. The molecule has 1 aliphatic rings. The van der Waals surface area contributed by atoms with Crippen LogP contribution in [0.1, 0.15) is 75.3 Å². The summed E-state index contributed by atoms with van der Waals surface area (Å²) in [6.45, 7) is 8.11. The van der Waals surface area contributed by atoms with E-state index in [1.165, 1.54) is 0 Å². The lowest BCUT2D eigenvalue weighted by Gasteiger charge is -2.29. The van der Waals surface area contributed by atoms with Gasteiger partial charge in [-0.1, -0.05) is 38.5 Å². The molecule has 0 radical (unpaired) electrons. The van der Waals surface area contributed by atoms with E-state index in [0.29, 0.717) is 12.0 Å². The van der Waals surface area contributed by atoms with E-state index < -0.39 is 0 Å². The second-order valence-electron chi connectivity index (χ2n) is 8.46. The fraction of sp³-hybridized carbons (Fsp3) is 0.522. The SMILES string of the molecule is CC(C)NC(=O)C1CCCC(NC(=O)c2cc(C(C)C)nc3ccccc23)C1. The summed E-state index contributed by atoms with van der Waals surface area (Å²) >= 11 is 0. The van der Waals surface area contributed by atoms with Crippen LogP contribution < -0.4 is 10.6 Å². The molecule has 150 valence electrons. The molecular weight excluding hydrogens is 350 g/mol. The van der Waals surface area contributed by atoms with Gasteiger partial charge in [0, 0.05) is 29.1 Å². The maximum atomic E-state index is 13.1. The van der Waals surface area contributed by atoms with E-state index in [1.54, 1.807) is 0 Å². The number of aromatic nitrogens is 1. The van der Waals surface area contributed by atoms with Gasteiger partial charge >= 0.3 is 0 Å². The van der Waals surface area contributed by atoms with E-state index in [1.807, 2.05) is 44.2 Å². The number of rotatable bonds is 5. The zero-order valence-electron chi connectivity index (χ0n) is 17.3. The lowest BCUT2D eigenvalue weighted by molar-refractivity contribution is -0.126. The van der Waals surface area contributed by atoms with E-state index in [-0.39, 0.29) is 35.7 Å². The Kier molecular flexibility index (Phi) is 6.32. The van der Waals surface area contributed by atoms with Crippen LogP contribution in [0.5, 0.6) is 0 Å². The highest BCUT2D eigenvalue weighted by atomic mass is 16.2. The largest absolute Gasteiger partial charge is 0.354 e. The number of nitrogens with one attached hydrogen (secondary N) is 2. The van der Waals surface area contributed by atoms with Crippen LogP contribution in [0.15, 0.2) is 30.3 Å². The molecule has 5 heteroatoms. The molecular formula is C23H31N3O2. The topological polar surface area (TPSA) is 71.1 Å². The third-order valence-electron chi connectivity index (χ3n) is 5.38. The Morgan fingerprint density at radius 3 is 2.57 bits per heavy atom. The second kappa shape index (κ2) is 8.72. The van der Waals surface area contributed by atoms with Gasteiger partial charge in [-0.05, 0) is 51.2 Å². The molecule has 5 nitrogen and oxygen atoms in total. The van der Waals surface area contributed by atoms with Gasteiger partial charge in [-0.25, -0.2) is 0 Å². The first-order valence-electron chi connectivity index (χ1n) is 10.4. The van der Waals surface area contributed by atoms with E-state index >= 15 is 0 Å². The van der Waals surface area contributed by atoms with Crippen LogP contribution in [-0.4, -0.2) is 28.9 Å². The predicted octanol–water partition coefficient (Wildman–Crippen LogP) is 4.17. The summed E-state index contributed by atoms with van der Waals surface area (Å²) in [7, 11) is 0. The molecule has 2 unspecified atom stereocenters. The average molecular weight is 382 g/mol. The number of para-hydroxylation sites is 1. The standard InChI is InChI=1S/C23H31N3O2/c1-14(2)21-13-19(18-10-5-6-11-20(18)26-21)23(28)25-17-9-7-8-16(12-17)22(27)24-15(3)4/h5-6,10-11,13-17H,7-9,12H2,1-4H3,(H,24,27)(H,25,28). The lowest BCUT2D eigenvalue weighted by atomic mass is 9.84. The van der Waals surface area contributed by atoms with Crippen molar-refractivity contribution in [2.45, 2.75) is 71.4 Å². The Morgan fingerprint density at radius 1 is 1.11 bits per heavy atom. The number of nitrogens with zero attached hydrogens (tertiary/aromatic N) is 1. The van der Waals surface area contributed by atoms with Crippen molar-refractivity contribution in [1.82, 2.24) is 15.6 Å². The Bertz CT molecular complexity index is 860. The number of carbonyl (C=O) groups excluding carboxylic acids is 2. The average Bonchev–Trinajstić information content (AvgIpc) is 2.66. The Morgan fingerprint density at radius 2 is 1.86 bits per heavy atom. The monoisotopic (exact) mass is 381 g/mol. The highest BCUT2D eigenvalue weighted by Gasteiger charge is 2.29. The van der Waals surface area contributed by atoms with Crippen molar-refractivity contribution in [1.29, 1.82) is 0 Å². The first-order chi connectivity index (χ1) is 13.3. The molecule has 1 aromatic heterocycles. The number of hydrogen-bond acceptors (Lipinski definition) is 3. The first kappa shape index (κ1) is 20.3. The second-order valence-corrected chi connectivity index (χ2v) is 8.46. The van der Waals surface area contributed by atoms with Crippen LogP contribution in [0.25, 0.3) is 10.9 Å². The number of hydrogen-bond donors (Lipinski definition) is 2. The van der Waals surface area contributed by atoms with Gasteiger partial charge in [0.25, 0.3) is 5.91 Å². The highest BCUT2D eigenvalue weighted by molar-refractivity contribution is 6.06. The molecule has 1 aromatic carbocycles. The van der Waals surface area contributed by atoms with Gasteiger partial charge in [0.1, 0.15) is 0 Å². The van der Waals surface area contributed by atoms with Gasteiger partial charge in [-0.3, -0.25) is 14.6 Å². The summed E-state index contributed by atoms with van der Waals surface area (Å²) in [4.78, 5) is 30.2. The van der Waals surface area contributed by atoms with Crippen molar-refractivity contribution in [2.75, 3.05) is 0 Å². The van der Waals surface area contributed by atoms with Crippen molar-refractivity contribution >= 4 is 22.7 Å². The normalized spacial score (nSPS) is 19.8. The van der Waals surface area contributed by atoms with Gasteiger partial charge in [-0.2, -0.15) is 0 Å². The van der Waals surface area contributed by atoms with Crippen molar-refractivity contribution in [3.05, 3.63) is 41.6 Å². The molecule has 1 heterocycles. The molecule has 0 saturated heterocycles. The van der Waals surface area contributed by atoms with Crippen LogP contribution in [0.2, 0.25) is 0 Å². The van der Waals surface area contributed by atoms with Gasteiger partial charge in [0.05, 0.1) is 11.1 Å². The maximum absolute atomic E-state index is 13.1. The molecule has 1 aliphatic carbocycles. The third-order valence-corrected chi connectivity index (χ3v) is 5.38. The molecule has 28 heavy (non-hydrogen) atoms. The summed E-state index contributed by atoms with van der Waals surface area (Å²) in [5, 5.41) is 7.06. The van der Waals surface area contributed by atoms with E-state index in [9.17, 15) is 9.59 Å². The summed E-state index contributed by atoms with van der Waals surface area (Å²) in [6.07, 6.45) is 3.46. The fourth-order valence-electron chi connectivity index (χ4n) is 3.90. The van der Waals surface area contributed by atoms with Crippen LogP contribution in [0.4, 0.5) is 0 Å². The van der Waals surface area contributed by atoms with Crippen LogP contribution >= 0.6 is 0 Å². The van der Waals surface area contributed by atoms with E-state index in [2.05, 4.69) is 24.5 Å². The highest BCUT2D eigenvalue weighted by Crippen LogP contribution is 2.26. The Labute approximate surface area is 167 Å². The van der Waals surface area contributed by atoms with Crippen molar-refractivity contribution in [3.8, 4) is 0 Å². The minimum atomic E-state index is -0.0737. The smallest absolute Gasteiger partial charge is 0.252 e. The number of pyridine rings is 1. The predicted molar refractivity (Wildman–Crippen MR) is 112 cm³/mol. The zero-order valence-corrected chi connectivity index (χ0v) is 17.3. The van der Waals surface area contributed by atoms with Gasteiger partial charge in [0.2, 0.25) is 5.91 Å². The molecule has 1 saturated carbocycles. The molecule has 3 rings (SSSR count). The molecule has 2 atom stereocenters. The molecule has 1 fully saturated rings. The molecule has 0 bridgehead atoms. The maximum Gasteiger partial charge on any atom is 0.252 e. The van der Waals surface area contributed by atoms with Crippen LogP contribution in [0.3, 0.4) is 0 Å². The fourth-order valence-corrected chi connectivity index (χ4v) is 3.90. The summed E-state index contributed by atoms with van der Waals surface area (Å²) < 4.78 is 0. The zero-order chi connectivity index (χ0) is 20.3. The Hall–Kier alpha value is -2.43. The van der Waals surface area contributed by atoms with Crippen LogP contribution in [0, 0.1) is 5.92 Å². The minimum absolute atomic E-state index is 0.0261. The number of amides is 2. The van der Waals surface area contributed by atoms with Gasteiger partial charge < -0.3 is 10.6 Å². The minimum Gasteiger partial charge on any atom is -0.354 e. The Balaban J connectivity index is 1.78. The third kappa shape index (κ3) is 4.70. The molecule has 2 N–H and O–H groups in total. The van der Waals surface area contributed by atoms with E-state index in [0.717, 1.165) is 35.9 Å². The summed E-state index contributed by atoms with van der Waals surface area (Å²) in [6, 6.07) is 9.85. The molecule has 2 amide bonds. The van der Waals surface area contributed by atoms with Gasteiger partial charge in [0.15, 0.2) is 0 Å². The molecule has 0 aliphatic heterocycles. The van der Waals surface area contributed by atoms with E-state index in [4.69, 9.17) is 4.98 Å². The van der Waals surface area contributed by atoms with Crippen molar-refractivity contribution in [2.24, 2.45) is 5.92 Å². The summed E-state index contributed by atoms with van der Waals surface area (Å²) in [5.74, 6) is 0.248. The summed E-state index contributed by atoms with van der Waals surface area (Å²) in [5.41, 5.74) is 2.43. The number of fused-ring (bicyclic) bond motifs is 1. The number of carbonyl (C=O) groups is 2. The van der Waals surface area contributed by atoms with Crippen molar-refractivity contribution in [3.63, 3.8) is 0 Å². The molecule has 2 aromatic rings. The van der Waals surface area contributed by atoms with Crippen LogP contribution in [-0.2, 0) is 4.79 Å². The van der Waals surface area contributed by atoms with Crippen molar-refractivity contribution < 1.29 is 9.59 Å². The van der Waals surface area contributed by atoms with Gasteiger partial charge in [-0.15, -0.1) is 0 Å². The lowest BCUT2D eigenvalue weighted by Crippen LogP contribution is -2.43. The number of benzene rings is 1. The quantitative estimate of drug-likeness (QED) is 0.816. The first-order valence-corrected chi connectivity index (χ1v) is 10.4.